The van der Waals surface area contributed by atoms with Gasteiger partial charge in [0.1, 0.15) is 0 Å². The van der Waals surface area contributed by atoms with E-state index in [1.807, 2.05) is 0 Å². The van der Waals surface area contributed by atoms with Gasteiger partial charge in [0.25, 0.3) is 17.7 Å². The minimum Gasteiger partial charge on any atom is -0.351 e. The molecule has 3 amide bonds. The molecule has 1 aromatic heterocycles. The smallest absolute Gasteiger partial charge is 0.351 e. The van der Waals surface area contributed by atoms with Gasteiger partial charge in [0.05, 0.1) is 23.6 Å². The maximum absolute atomic E-state index is 13.1. The van der Waals surface area contributed by atoms with E-state index in [0.717, 1.165) is 44.3 Å². The summed E-state index contributed by atoms with van der Waals surface area (Å²) < 4.78 is 39.2. The van der Waals surface area contributed by atoms with Crippen molar-refractivity contribution in [3.05, 3.63) is 107 Å². The summed E-state index contributed by atoms with van der Waals surface area (Å²) in [6, 6.07) is 15.6. The summed E-state index contributed by atoms with van der Waals surface area (Å²) >= 11 is 0. The van der Waals surface area contributed by atoms with Crippen LogP contribution in [0, 0.1) is 6.92 Å². The Morgan fingerprint density at radius 3 is 2.11 bits per heavy atom. The first kappa shape index (κ1) is 34.6. The third-order valence-electron chi connectivity index (χ3n) is 7.21. The number of carbonyl (C=O) groups is 3. The predicted molar refractivity (Wildman–Crippen MR) is 175 cm³/mol. The van der Waals surface area contributed by atoms with Gasteiger partial charge in [0.15, 0.2) is 0 Å². The number of alkyl halides is 3. The highest BCUT2D eigenvalue weighted by atomic mass is 19.4. The van der Waals surface area contributed by atoms with Crippen LogP contribution in [0.25, 0.3) is 0 Å². The number of aromatic nitrogens is 2. The SMILES string of the molecule is CCCN(CC)CCNC(=O)c1ccc(Nc2ncc(NC(=O)c3cc(NC(=O)c4cccc(C(F)(F)F)c4)ccc3C)cn2)cc1. The van der Waals surface area contributed by atoms with Gasteiger partial charge in [0, 0.05) is 41.2 Å². The van der Waals surface area contributed by atoms with Gasteiger partial charge in [-0.2, -0.15) is 13.2 Å². The molecule has 0 aliphatic heterocycles. The lowest BCUT2D eigenvalue weighted by Gasteiger charge is -2.19. The summed E-state index contributed by atoms with van der Waals surface area (Å²) in [6.07, 6.45) is -0.685. The molecule has 0 spiro atoms. The van der Waals surface area contributed by atoms with E-state index < -0.39 is 23.6 Å². The fraction of sp³-hybridized carbons (Fsp3) is 0.265. The number of amides is 3. The maximum atomic E-state index is 13.1. The molecule has 0 bridgehead atoms. The zero-order chi connectivity index (χ0) is 34.0. The Kier molecular flexibility index (Phi) is 11.6. The van der Waals surface area contributed by atoms with Crippen LogP contribution in [0.1, 0.15) is 62.5 Å². The molecule has 0 saturated heterocycles. The number of aryl methyl sites for hydroxylation is 1. The van der Waals surface area contributed by atoms with Crippen molar-refractivity contribution in [3.8, 4) is 0 Å². The Labute approximate surface area is 270 Å². The van der Waals surface area contributed by atoms with Crippen LogP contribution in [0.2, 0.25) is 0 Å². The molecule has 1 heterocycles. The largest absolute Gasteiger partial charge is 0.416 e. The van der Waals surface area contributed by atoms with Crippen molar-refractivity contribution in [1.29, 1.82) is 0 Å². The summed E-state index contributed by atoms with van der Waals surface area (Å²) in [7, 11) is 0. The first-order chi connectivity index (χ1) is 22.5. The number of carbonyl (C=O) groups excluding carboxylic acids is 3. The van der Waals surface area contributed by atoms with Crippen LogP contribution < -0.4 is 21.3 Å². The van der Waals surface area contributed by atoms with Crippen molar-refractivity contribution in [2.45, 2.75) is 33.4 Å². The second kappa shape index (κ2) is 15.8. The Bertz CT molecular complexity index is 1690. The molecule has 47 heavy (non-hydrogen) atoms. The topological polar surface area (TPSA) is 128 Å². The molecule has 0 unspecified atom stereocenters. The number of halogens is 3. The van der Waals surface area contributed by atoms with Crippen LogP contribution in [0.15, 0.2) is 79.1 Å². The van der Waals surface area contributed by atoms with Crippen molar-refractivity contribution in [2.75, 3.05) is 42.1 Å². The van der Waals surface area contributed by atoms with E-state index in [1.54, 1.807) is 43.3 Å². The fourth-order valence-electron chi connectivity index (χ4n) is 4.65. The number of nitrogens with one attached hydrogen (secondary N) is 4. The number of rotatable bonds is 13. The number of likely N-dealkylation sites (N-methyl/N-ethyl adjacent to an activating group) is 1. The molecule has 0 saturated carbocycles. The fourth-order valence-corrected chi connectivity index (χ4v) is 4.65. The Morgan fingerprint density at radius 1 is 0.766 bits per heavy atom. The van der Waals surface area contributed by atoms with Crippen LogP contribution >= 0.6 is 0 Å². The standard InChI is InChI=1S/C34H36F3N7O3/c1-4-16-44(5-2)17-15-38-30(45)23-10-13-26(14-11-23)43-33-39-20-28(21-40-33)42-32(47)29-19-27(12-9-22(29)3)41-31(46)24-7-6-8-25(18-24)34(35,36)37/h6-14,18-21H,4-5,15-17H2,1-3H3,(H,38,45)(H,41,46)(H,42,47)(H,39,40,43). The molecule has 4 rings (SSSR count). The maximum Gasteiger partial charge on any atom is 0.416 e. The molecular formula is C34H36F3N7O3. The van der Waals surface area contributed by atoms with E-state index in [9.17, 15) is 27.6 Å². The highest BCUT2D eigenvalue weighted by Gasteiger charge is 2.31. The van der Waals surface area contributed by atoms with Gasteiger partial charge in [-0.1, -0.05) is 26.0 Å². The zero-order valence-electron chi connectivity index (χ0n) is 26.2. The lowest BCUT2D eigenvalue weighted by Crippen LogP contribution is -2.35. The number of hydrogen-bond acceptors (Lipinski definition) is 7. The Balaban J connectivity index is 1.32. The normalized spacial score (nSPS) is 11.2. The summed E-state index contributed by atoms with van der Waals surface area (Å²) in [5.74, 6) is -1.13. The number of benzene rings is 3. The van der Waals surface area contributed by atoms with Crippen LogP contribution in [0.5, 0.6) is 0 Å². The van der Waals surface area contributed by atoms with Gasteiger partial charge in [-0.3, -0.25) is 14.4 Å². The monoisotopic (exact) mass is 647 g/mol. The van der Waals surface area contributed by atoms with E-state index in [4.69, 9.17) is 0 Å². The number of nitrogens with zero attached hydrogens (tertiary/aromatic N) is 3. The molecule has 4 N–H and O–H groups in total. The van der Waals surface area contributed by atoms with Gasteiger partial charge in [-0.25, -0.2) is 9.97 Å². The molecule has 0 radical (unpaired) electrons. The molecule has 3 aromatic carbocycles. The Hall–Kier alpha value is -5.30. The summed E-state index contributed by atoms with van der Waals surface area (Å²) in [5.41, 5.74) is 1.48. The van der Waals surface area contributed by atoms with Gasteiger partial charge < -0.3 is 26.2 Å². The van der Waals surface area contributed by atoms with Gasteiger partial charge in [0.2, 0.25) is 5.95 Å². The zero-order valence-corrected chi connectivity index (χ0v) is 26.2. The number of hydrogen-bond donors (Lipinski definition) is 4. The van der Waals surface area contributed by atoms with Gasteiger partial charge in [-0.15, -0.1) is 0 Å². The van der Waals surface area contributed by atoms with Gasteiger partial charge >= 0.3 is 6.18 Å². The van der Waals surface area contributed by atoms with E-state index in [0.29, 0.717) is 29.0 Å². The van der Waals surface area contributed by atoms with E-state index in [2.05, 4.69) is 50.0 Å². The summed E-state index contributed by atoms with van der Waals surface area (Å²) in [6.45, 7) is 9.22. The predicted octanol–water partition coefficient (Wildman–Crippen LogP) is 6.51. The molecule has 0 aliphatic carbocycles. The summed E-state index contributed by atoms with van der Waals surface area (Å²) in [4.78, 5) is 48.9. The van der Waals surface area contributed by atoms with E-state index in [1.165, 1.54) is 24.5 Å². The first-order valence-corrected chi connectivity index (χ1v) is 15.1. The molecule has 246 valence electrons. The third-order valence-corrected chi connectivity index (χ3v) is 7.21. The second-order valence-electron chi connectivity index (χ2n) is 10.7. The van der Waals surface area contributed by atoms with E-state index in [-0.39, 0.29) is 28.7 Å². The van der Waals surface area contributed by atoms with Crippen LogP contribution in [0.4, 0.5) is 36.2 Å². The highest BCUT2D eigenvalue weighted by molar-refractivity contribution is 6.08. The third kappa shape index (κ3) is 9.84. The minimum absolute atomic E-state index is 0.153. The van der Waals surface area contributed by atoms with Crippen LogP contribution in [0.3, 0.4) is 0 Å². The van der Waals surface area contributed by atoms with Crippen LogP contribution in [-0.2, 0) is 6.18 Å². The lowest BCUT2D eigenvalue weighted by atomic mass is 10.1. The number of anilines is 4. The van der Waals surface area contributed by atoms with Crippen molar-refractivity contribution in [2.24, 2.45) is 0 Å². The molecule has 0 atom stereocenters. The van der Waals surface area contributed by atoms with Crippen molar-refractivity contribution in [3.63, 3.8) is 0 Å². The quantitative estimate of drug-likeness (QED) is 0.130. The van der Waals surface area contributed by atoms with Crippen molar-refractivity contribution in [1.82, 2.24) is 20.2 Å². The molecule has 13 heteroatoms. The molecule has 0 fully saturated rings. The molecular weight excluding hydrogens is 611 g/mol. The van der Waals surface area contributed by atoms with Crippen LogP contribution in [-0.4, -0.2) is 58.8 Å². The first-order valence-electron chi connectivity index (χ1n) is 15.1. The average molecular weight is 648 g/mol. The Morgan fingerprint density at radius 2 is 1.45 bits per heavy atom. The summed E-state index contributed by atoms with van der Waals surface area (Å²) in [5, 5.41) is 11.2. The molecule has 0 aliphatic rings. The van der Waals surface area contributed by atoms with Gasteiger partial charge in [-0.05, 0) is 86.6 Å². The van der Waals surface area contributed by atoms with Crippen molar-refractivity contribution < 1.29 is 27.6 Å². The van der Waals surface area contributed by atoms with E-state index >= 15 is 0 Å². The highest BCUT2D eigenvalue weighted by Crippen LogP contribution is 2.30. The average Bonchev–Trinajstić information content (AvgIpc) is 3.06. The molecule has 4 aromatic rings. The second-order valence-corrected chi connectivity index (χ2v) is 10.7. The van der Waals surface area contributed by atoms with Crippen molar-refractivity contribution >= 4 is 40.7 Å². The minimum atomic E-state index is -4.58. The lowest BCUT2D eigenvalue weighted by molar-refractivity contribution is -0.137. The molecule has 10 nitrogen and oxygen atoms in total.